The molecule has 8 aromatic carbocycles. The quantitative estimate of drug-likeness (QED) is 0.166. The third kappa shape index (κ3) is 6.16. The van der Waals surface area contributed by atoms with E-state index in [1.54, 1.807) is 0 Å². The molecule has 0 aliphatic carbocycles. The van der Waals surface area contributed by atoms with E-state index >= 15 is 0 Å². The van der Waals surface area contributed by atoms with Gasteiger partial charge in [-0.15, -0.1) is 0 Å². The molecule has 2 heterocycles. The first-order valence-corrected chi connectivity index (χ1v) is 18.4. The Morgan fingerprint density at radius 2 is 0.655 bits per heavy atom. The summed E-state index contributed by atoms with van der Waals surface area (Å²) < 4.78 is 6.36. The van der Waals surface area contributed by atoms with Crippen LogP contribution >= 0.6 is 0 Å². The van der Waals surface area contributed by atoms with Gasteiger partial charge in [-0.3, -0.25) is 0 Å². The first-order valence-electron chi connectivity index (χ1n) is 18.4. The third-order valence-corrected chi connectivity index (χ3v) is 10.2. The van der Waals surface area contributed by atoms with Crippen LogP contribution in [0.2, 0.25) is 0 Å². The lowest BCUT2D eigenvalue weighted by atomic mass is 9.96. The fraction of sp³-hybridized carbons (Fsp3) is 0. The molecule has 258 valence electrons. The second-order valence-electron chi connectivity index (χ2n) is 13.6. The summed E-state index contributed by atoms with van der Waals surface area (Å²) in [6.07, 6.45) is 0. The van der Waals surface area contributed by atoms with Crippen LogP contribution in [-0.4, -0.2) is 15.0 Å². The van der Waals surface area contributed by atoms with E-state index < -0.39 is 0 Å². The average molecular weight is 704 g/mol. The fourth-order valence-electron chi connectivity index (χ4n) is 7.37. The number of hydrogen-bond acceptors (Lipinski definition) is 4. The molecule has 0 unspecified atom stereocenters. The van der Waals surface area contributed by atoms with Gasteiger partial charge in [0.15, 0.2) is 17.5 Å². The lowest BCUT2D eigenvalue weighted by molar-refractivity contribution is 0.670. The van der Waals surface area contributed by atoms with Gasteiger partial charge in [0.2, 0.25) is 0 Å². The Kier molecular flexibility index (Phi) is 8.12. The van der Waals surface area contributed by atoms with E-state index in [1.165, 1.54) is 11.1 Å². The highest BCUT2D eigenvalue weighted by Crippen LogP contribution is 2.37. The molecule has 0 atom stereocenters. The molecule has 0 aliphatic heterocycles. The average Bonchev–Trinajstić information content (AvgIpc) is 3.66. The number of hydrogen-bond donors (Lipinski definition) is 0. The molecular formula is C51H33N3O. The summed E-state index contributed by atoms with van der Waals surface area (Å²) in [5, 5.41) is 2.22. The zero-order valence-electron chi connectivity index (χ0n) is 29.8. The highest BCUT2D eigenvalue weighted by Gasteiger charge is 2.17. The number of benzene rings is 8. The van der Waals surface area contributed by atoms with Crippen molar-refractivity contribution in [3.05, 3.63) is 200 Å². The van der Waals surface area contributed by atoms with Gasteiger partial charge in [0.05, 0.1) is 0 Å². The van der Waals surface area contributed by atoms with E-state index in [0.717, 1.165) is 72.0 Å². The monoisotopic (exact) mass is 703 g/mol. The van der Waals surface area contributed by atoms with Crippen LogP contribution in [0.25, 0.3) is 101 Å². The SMILES string of the molecule is c1ccc(-c2ccc(-c3nc(-c4ccc(-c5cccc6c5oc5ccccc56)cc4)nc(-c4ccccc4-c4ccc(-c5ccccc5)cc4)n3)cc2)cc1. The van der Waals surface area contributed by atoms with Gasteiger partial charge in [0.1, 0.15) is 11.2 Å². The van der Waals surface area contributed by atoms with Crippen molar-refractivity contribution in [1.29, 1.82) is 0 Å². The van der Waals surface area contributed by atoms with Crippen molar-refractivity contribution in [2.24, 2.45) is 0 Å². The van der Waals surface area contributed by atoms with Gasteiger partial charge in [0.25, 0.3) is 0 Å². The van der Waals surface area contributed by atoms with E-state index in [1.807, 2.05) is 36.4 Å². The molecule has 0 aliphatic rings. The van der Waals surface area contributed by atoms with Gasteiger partial charge in [-0.2, -0.15) is 0 Å². The number of para-hydroxylation sites is 2. The van der Waals surface area contributed by atoms with Crippen LogP contribution in [0.1, 0.15) is 0 Å². The maximum absolute atomic E-state index is 6.36. The van der Waals surface area contributed by atoms with Gasteiger partial charge in [-0.25, -0.2) is 15.0 Å². The minimum Gasteiger partial charge on any atom is -0.455 e. The maximum atomic E-state index is 6.36. The van der Waals surface area contributed by atoms with Crippen LogP contribution in [-0.2, 0) is 0 Å². The molecule has 0 N–H and O–H groups in total. The van der Waals surface area contributed by atoms with Crippen LogP contribution in [0, 0.1) is 0 Å². The van der Waals surface area contributed by atoms with Gasteiger partial charge < -0.3 is 4.42 Å². The Morgan fingerprint density at radius 1 is 0.255 bits per heavy atom. The molecule has 0 fully saturated rings. The predicted molar refractivity (Wildman–Crippen MR) is 225 cm³/mol. The first kappa shape index (κ1) is 32.2. The highest BCUT2D eigenvalue weighted by atomic mass is 16.3. The molecule has 4 heteroatoms. The summed E-state index contributed by atoms with van der Waals surface area (Å²) in [7, 11) is 0. The maximum Gasteiger partial charge on any atom is 0.164 e. The lowest BCUT2D eigenvalue weighted by Gasteiger charge is -2.13. The molecule has 10 aromatic rings. The number of aromatic nitrogens is 3. The van der Waals surface area contributed by atoms with E-state index in [4.69, 9.17) is 19.4 Å². The number of nitrogens with zero attached hydrogens (tertiary/aromatic N) is 3. The van der Waals surface area contributed by atoms with Crippen LogP contribution < -0.4 is 0 Å². The van der Waals surface area contributed by atoms with Crippen molar-refractivity contribution in [1.82, 2.24) is 15.0 Å². The Morgan fingerprint density at radius 3 is 1.25 bits per heavy atom. The Bertz CT molecular complexity index is 2930. The molecular weight excluding hydrogens is 671 g/mol. The van der Waals surface area contributed by atoms with Crippen LogP contribution in [0.15, 0.2) is 205 Å². The van der Waals surface area contributed by atoms with Crippen molar-refractivity contribution in [3.8, 4) is 78.7 Å². The Hall–Kier alpha value is -7.43. The number of furan rings is 1. The molecule has 0 saturated carbocycles. The molecule has 4 nitrogen and oxygen atoms in total. The van der Waals surface area contributed by atoms with Crippen molar-refractivity contribution in [3.63, 3.8) is 0 Å². The summed E-state index contributed by atoms with van der Waals surface area (Å²) in [5.74, 6) is 1.84. The molecule has 0 amide bonds. The zero-order valence-corrected chi connectivity index (χ0v) is 29.8. The topological polar surface area (TPSA) is 51.8 Å². The summed E-state index contributed by atoms with van der Waals surface area (Å²) in [6, 6.07) is 69.3. The van der Waals surface area contributed by atoms with Crippen LogP contribution in [0.5, 0.6) is 0 Å². The smallest absolute Gasteiger partial charge is 0.164 e. The molecule has 0 bridgehead atoms. The summed E-state index contributed by atoms with van der Waals surface area (Å²) in [6.45, 7) is 0. The predicted octanol–water partition coefficient (Wildman–Crippen LogP) is 13.4. The summed E-state index contributed by atoms with van der Waals surface area (Å²) in [5.41, 5.74) is 13.4. The normalized spacial score (nSPS) is 11.3. The Balaban J connectivity index is 1.07. The molecule has 0 radical (unpaired) electrons. The van der Waals surface area contributed by atoms with Gasteiger partial charge in [-0.1, -0.05) is 194 Å². The largest absolute Gasteiger partial charge is 0.455 e. The highest BCUT2D eigenvalue weighted by molar-refractivity contribution is 6.09. The Labute approximate surface area is 319 Å². The van der Waals surface area contributed by atoms with E-state index in [-0.39, 0.29) is 0 Å². The number of fused-ring (bicyclic) bond motifs is 3. The van der Waals surface area contributed by atoms with Crippen molar-refractivity contribution >= 4 is 21.9 Å². The van der Waals surface area contributed by atoms with E-state index in [9.17, 15) is 0 Å². The summed E-state index contributed by atoms with van der Waals surface area (Å²) >= 11 is 0. The second kappa shape index (κ2) is 13.8. The second-order valence-corrected chi connectivity index (χ2v) is 13.6. The lowest BCUT2D eigenvalue weighted by Crippen LogP contribution is -2.01. The fourth-order valence-corrected chi connectivity index (χ4v) is 7.37. The summed E-state index contributed by atoms with van der Waals surface area (Å²) in [4.78, 5) is 15.4. The van der Waals surface area contributed by atoms with Gasteiger partial charge >= 0.3 is 0 Å². The minimum atomic E-state index is 0.606. The van der Waals surface area contributed by atoms with Crippen molar-refractivity contribution in [2.75, 3.05) is 0 Å². The molecule has 55 heavy (non-hydrogen) atoms. The molecule has 10 rings (SSSR count). The van der Waals surface area contributed by atoms with Crippen LogP contribution in [0.4, 0.5) is 0 Å². The standard InChI is InChI=1S/C51H33N3O/c1-3-12-34(13-4-1)36-22-26-38(27-23-36)42-16-7-8-18-46(42)51-53-49(40-30-24-37(25-31-40)35-14-5-2-6-15-35)52-50(54-51)41-32-28-39(29-33-41)43-19-11-20-45-44-17-9-10-21-47(44)55-48(43)45/h1-33H. The number of rotatable bonds is 7. The van der Waals surface area contributed by atoms with Crippen LogP contribution in [0.3, 0.4) is 0 Å². The van der Waals surface area contributed by atoms with Crippen molar-refractivity contribution < 1.29 is 4.42 Å². The van der Waals surface area contributed by atoms with E-state index in [0.29, 0.717) is 17.5 Å². The van der Waals surface area contributed by atoms with E-state index in [2.05, 4.69) is 164 Å². The van der Waals surface area contributed by atoms with Gasteiger partial charge in [0, 0.05) is 33.0 Å². The van der Waals surface area contributed by atoms with Crippen molar-refractivity contribution in [2.45, 2.75) is 0 Å². The molecule has 2 aromatic heterocycles. The third-order valence-electron chi connectivity index (χ3n) is 10.2. The molecule has 0 spiro atoms. The van der Waals surface area contributed by atoms with Gasteiger partial charge in [-0.05, 0) is 45.0 Å². The zero-order chi connectivity index (χ0) is 36.6. The molecule has 0 saturated heterocycles. The minimum absolute atomic E-state index is 0.606. The first-order chi connectivity index (χ1) is 27.2.